The van der Waals surface area contributed by atoms with Gasteiger partial charge in [-0.3, -0.25) is 9.69 Å². The number of morpholine rings is 1. The van der Waals surface area contributed by atoms with Gasteiger partial charge in [-0.05, 0) is 19.8 Å². The van der Waals surface area contributed by atoms with Crippen molar-refractivity contribution < 1.29 is 9.53 Å². The molecule has 0 atom stereocenters. The third-order valence-electron chi connectivity index (χ3n) is 4.68. The van der Waals surface area contributed by atoms with Crippen molar-refractivity contribution in [3.8, 4) is 0 Å². The number of carbonyl (C=O) groups is 1. The Balaban J connectivity index is 1.44. The Morgan fingerprint density at radius 3 is 2.86 bits per heavy atom. The average molecular weight is 306 g/mol. The van der Waals surface area contributed by atoms with Gasteiger partial charge in [-0.1, -0.05) is 6.42 Å². The molecule has 0 bridgehead atoms. The van der Waals surface area contributed by atoms with Crippen LogP contribution < -0.4 is 5.32 Å². The first kappa shape index (κ1) is 15.5. The van der Waals surface area contributed by atoms with Crippen LogP contribution in [0.2, 0.25) is 0 Å². The maximum atomic E-state index is 12.0. The number of hydrogen-bond acceptors (Lipinski definition) is 4. The molecule has 1 aromatic rings. The number of rotatable bonds is 6. The standard InChI is InChI=1S/C16H26N4O2/c1-13-11-18-16(14-3-2-4-14)20(13)6-5-17-15(21)12-19-7-9-22-10-8-19/h11,14H,2-10,12H2,1H3,(H,17,21). The van der Waals surface area contributed by atoms with Crippen LogP contribution in [0.15, 0.2) is 6.20 Å². The van der Waals surface area contributed by atoms with Crippen LogP contribution in [0.5, 0.6) is 0 Å². The number of amides is 1. The van der Waals surface area contributed by atoms with Gasteiger partial charge in [0, 0.05) is 44.0 Å². The summed E-state index contributed by atoms with van der Waals surface area (Å²) in [5.41, 5.74) is 1.18. The van der Waals surface area contributed by atoms with E-state index in [0.29, 0.717) is 19.0 Å². The van der Waals surface area contributed by atoms with E-state index in [-0.39, 0.29) is 5.91 Å². The molecule has 0 unspecified atom stereocenters. The highest BCUT2D eigenvalue weighted by atomic mass is 16.5. The Hall–Kier alpha value is -1.40. The van der Waals surface area contributed by atoms with Crippen molar-refractivity contribution in [3.63, 3.8) is 0 Å². The zero-order valence-electron chi connectivity index (χ0n) is 13.4. The van der Waals surface area contributed by atoms with Crippen LogP contribution >= 0.6 is 0 Å². The number of aromatic nitrogens is 2. The van der Waals surface area contributed by atoms with Crippen molar-refractivity contribution in [2.45, 2.75) is 38.6 Å². The number of hydrogen-bond donors (Lipinski definition) is 1. The summed E-state index contributed by atoms with van der Waals surface area (Å²) >= 11 is 0. The summed E-state index contributed by atoms with van der Waals surface area (Å²) in [5, 5.41) is 3.03. The van der Waals surface area contributed by atoms with E-state index in [9.17, 15) is 4.79 Å². The molecule has 0 radical (unpaired) electrons. The van der Waals surface area contributed by atoms with Gasteiger partial charge < -0.3 is 14.6 Å². The number of imidazole rings is 1. The van der Waals surface area contributed by atoms with E-state index in [1.165, 1.54) is 30.8 Å². The first-order valence-electron chi connectivity index (χ1n) is 8.33. The summed E-state index contributed by atoms with van der Waals surface area (Å²) in [5.74, 6) is 1.92. The lowest BCUT2D eigenvalue weighted by molar-refractivity contribution is -0.123. The largest absolute Gasteiger partial charge is 0.379 e. The number of ether oxygens (including phenoxy) is 1. The summed E-state index contributed by atoms with van der Waals surface area (Å²) < 4.78 is 7.56. The minimum absolute atomic E-state index is 0.102. The van der Waals surface area contributed by atoms with Gasteiger partial charge in [0.1, 0.15) is 5.82 Å². The number of carbonyl (C=O) groups excluding carboxylic acids is 1. The van der Waals surface area contributed by atoms with Gasteiger partial charge in [-0.2, -0.15) is 0 Å². The molecule has 6 heteroatoms. The molecular weight excluding hydrogens is 280 g/mol. The molecule has 2 fully saturated rings. The van der Waals surface area contributed by atoms with Gasteiger partial charge >= 0.3 is 0 Å². The lowest BCUT2D eigenvalue weighted by Crippen LogP contribution is -2.43. The topological polar surface area (TPSA) is 59.4 Å². The van der Waals surface area contributed by atoms with E-state index >= 15 is 0 Å². The van der Waals surface area contributed by atoms with Gasteiger partial charge in [0.2, 0.25) is 5.91 Å². The summed E-state index contributed by atoms with van der Waals surface area (Å²) in [6.45, 7) is 7.19. The molecule has 1 N–H and O–H groups in total. The lowest BCUT2D eigenvalue weighted by atomic mass is 9.85. The molecule has 2 aliphatic rings. The quantitative estimate of drug-likeness (QED) is 0.848. The highest BCUT2D eigenvalue weighted by Gasteiger charge is 2.24. The van der Waals surface area contributed by atoms with Crippen LogP contribution in [-0.2, 0) is 16.1 Å². The minimum Gasteiger partial charge on any atom is -0.379 e. The van der Waals surface area contributed by atoms with E-state index in [1.807, 2.05) is 6.20 Å². The van der Waals surface area contributed by atoms with Crippen LogP contribution in [0.4, 0.5) is 0 Å². The average Bonchev–Trinajstić information content (AvgIpc) is 2.80. The van der Waals surface area contributed by atoms with Crippen LogP contribution in [0.1, 0.15) is 36.7 Å². The summed E-state index contributed by atoms with van der Waals surface area (Å²) in [7, 11) is 0. The third kappa shape index (κ3) is 3.67. The number of aryl methyl sites for hydroxylation is 1. The molecule has 122 valence electrons. The normalized spacial score (nSPS) is 19.9. The third-order valence-corrected chi connectivity index (χ3v) is 4.68. The van der Waals surface area contributed by atoms with Crippen molar-refractivity contribution in [2.75, 3.05) is 39.4 Å². The van der Waals surface area contributed by atoms with Crippen molar-refractivity contribution >= 4 is 5.91 Å². The zero-order chi connectivity index (χ0) is 15.4. The van der Waals surface area contributed by atoms with Gasteiger partial charge in [0.25, 0.3) is 0 Å². The Labute approximate surface area is 131 Å². The maximum Gasteiger partial charge on any atom is 0.234 e. The van der Waals surface area contributed by atoms with Gasteiger partial charge in [-0.25, -0.2) is 4.98 Å². The molecule has 2 heterocycles. The van der Waals surface area contributed by atoms with Crippen molar-refractivity contribution in [1.29, 1.82) is 0 Å². The zero-order valence-corrected chi connectivity index (χ0v) is 13.4. The fraction of sp³-hybridized carbons (Fsp3) is 0.750. The SMILES string of the molecule is Cc1cnc(C2CCC2)n1CCNC(=O)CN1CCOCC1. The molecule has 0 aromatic carbocycles. The van der Waals surface area contributed by atoms with Crippen molar-refractivity contribution in [3.05, 3.63) is 17.7 Å². The fourth-order valence-corrected chi connectivity index (χ4v) is 3.09. The molecule has 6 nitrogen and oxygen atoms in total. The van der Waals surface area contributed by atoms with Crippen LogP contribution in [-0.4, -0.2) is 59.8 Å². The smallest absolute Gasteiger partial charge is 0.234 e. The Morgan fingerprint density at radius 2 is 2.18 bits per heavy atom. The second-order valence-corrected chi connectivity index (χ2v) is 6.28. The highest BCUT2D eigenvalue weighted by Crippen LogP contribution is 2.35. The van der Waals surface area contributed by atoms with Gasteiger partial charge in [0.05, 0.1) is 19.8 Å². The summed E-state index contributed by atoms with van der Waals surface area (Å²) in [6.07, 6.45) is 5.76. The van der Waals surface area contributed by atoms with Crippen molar-refractivity contribution in [1.82, 2.24) is 19.8 Å². The van der Waals surface area contributed by atoms with Crippen molar-refractivity contribution in [2.24, 2.45) is 0 Å². The van der Waals surface area contributed by atoms with Gasteiger partial charge in [0.15, 0.2) is 0 Å². The summed E-state index contributed by atoms with van der Waals surface area (Å²) in [4.78, 5) is 18.7. The van der Waals surface area contributed by atoms with Crippen LogP contribution in [0.25, 0.3) is 0 Å². The molecule has 1 aliphatic carbocycles. The molecule has 1 aliphatic heterocycles. The maximum absolute atomic E-state index is 12.0. The van der Waals surface area contributed by atoms with E-state index in [4.69, 9.17) is 4.74 Å². The Bertz CT molecular complexity index is 504. The molecule has 1 amide bonds. The van der Waals surface area contributed by atoms with Crippen LogP contribution in [0.3, 0.4) is 0 Å². The highest BCUT2D eigenvalue weighted by molar-refractivity contribution is 5.77. The Morgan fingerprint density at radius 1 is 1.41 bits per heavy atom. The minimum atomic E-state index is 0.102. The molecule has 1 saturated carbocycles. The number of nitrogens with zero attached hydrogens (tertiary/aromatic N) is 3. The molecular formula is C16H26N4O2. The van der Waals surface area contributed by atoms with E-state index < -0.39 is 0 Å². The molecule has 1 aromatic heterocycles. The first-order valence-corrected chi connectivity index (χ1v) is 8.33. The van der Waals surface area contributed by atoms with Gasteiger partial charge in [-0.15, -0.1) is 0 Å². The van der Waals surface area contributed by atoms with E-state index in [0.717, 1.165) is 32.8 Å². The van der Waals surface area contributed by atoms with E-state index in [2.05, 4.69) is 26.7 Å². The molecule has 1 saturated heterocycles. The molecule has 0 spiro atoms. The molecule has 22 heavy (non-hydrogen) atoms. The fourth-order valence-electron chi connectivity index (χ4n) is 3.09. The summed E-state index contributed by atoms with van der Waals surface area (Å²) in [6, 6.07) is 0. The number of nitrogens with one attached hydrogen (secondary N) is 1. The lowest BCUT2D eigenvalue weighted by Gasteiger charge is -2.27. The Kier molecular flexibility index (Phi) is 5.10. The second kappa shape index (κ2) is 7.24. The van der Waals surface area contributed by atoms with Crippen LogP contribution in [0, 0.1) is 6.92 Å². The van der Waals surface area contributed by atoms with E-state index in [1.54, 1.807) is 0 Å². The monoisotopic (exact) mass is 306 g/mol. The predicted molar refractivity (Wildman–Crippen MR) is 83.8 cm³/mol. The second-order valence-electron chi connectivity index (χ2n) is 6.28. The first-order chi connectivity index (χ1) is 10.7. The molecule has 3 rings (SSSR count). The predicted octanol–water partition coefficient (Wildman–Crippen LogP) is 0.907.